The molecule has 5 heteroatoms. The van der Waals surface area contributed by atoms with Gasteiger partial charge in [-0.1, -0.05) is 48.9 Å². The summed E-state index contributed by atoms with van der Waals surface area (Å²) in [5.41, 5.74) is 0.264. The molecule has 4 atom stereocenters. The van der Waals surface area contributed by atoms with Crippen molar-refractivity contribution in [3.8, 4) is 5.69 Å². The summed E-state index contributed by atoms with van der Waals surface area (Å²) in [5.74, 6) is 0. The van der Waals surface area contributed by atoms with Crippen LogP contribution in [0.3, 0.4) is 0 Å². The molecule has 0 unspecified atom stereocenters. The third-order valence-corrected chi connectivity index (χ3v) is 6.80. The smallest absolute Gasteiger partial charge is 0.245 e. The highest BCUT2D eigenvalue weighted by molar-refractivity contribution is 5.42. The van der Waals surface area contributed by atoms with E-state index in [-0.39, 0.29) is 34.3 Å². The lowest BCUT2D eigenvalue weighted by Crippen LogP contribution is -2.61. The predicted molar refractivity (Wildman–Crippen MR) is 89.4 cm³/mol. The topological polar surface area (TPSA) is 48.9 Å². The lowest BCUT2D eigenvalue weighted by atomic mass is 9.48. The van der Waals surface area contributed by atoms with Crippen molar-refractivity contribution in [2.24, 2.45) is 10.8 Å². The lowest BCUT2D eigenvalue weighted by molar-refractivity contribution is -0.0229. The van der Waals surface area contributed by atoms with Gasteiger partial charge in [0.1, 0.15) is 0 Å². The summed E-state index contributed by atoms with van der Waals surface area (Å²) in [6, 6.07) is 9.14. The largest absolute Gasteiger partial charge is 0.352 e. The molecule has 2 bridgehead atoms. The van der Waals surface area contributed by atoms with Crippen molar-refractivity contribution in [2.45, 2.75) is 31.3 Å². The molecule has 1 fully saturated rings. The molecular formula is C19H17N3O2. The zero-order chi connectivity index (χ0) is 16.1. The minimum Gasteiger partial charge on any atom is -0.245 e. The van der Waals surface area contributed by atoms with Gasteiger partial charge in [0.15, 0.2) is 0 Å². The third kappa shape index (κ3) is 1.07. The Morgan fingerprint density at radius 3 is 1.88 bits per heavy atom. The van der Waals surface area contributed by atoms with Crippen molar-refractivity contribution in [1.29, 1.82) is 0 Å². The molecular weight excluding hydrogens is 302 g/mol. The molecule has 2 aromatic rings. The number of rotatable bonds is 1. The monoisotopic (exact) mass is 319 g/mol. The van der Waals surface area contributed by atoms with Crippen molar-refractivity contribution < 1.29 is 0 Å². The first kappa shape index (κ1) is 12.8. The van der Waals surface area contributed by atoms with Crippen LogP contribution in [0, 0.1) is 10.8 Å². The fraction of sp³-hybridized carbons (Fsp3) is 0.368. The Hall–Kier alpha value is -2.56. The van der Waals surface area contributed by atoms with Crippen LogP contribution in [0.25, 0.3) is 5.69 Å². The van der Waals surface area contributed by atoms with E-state index >= 15 is 0 Å². The molecule has 2 aliphatic heterocycles. The Balaban J connectivity index is 1.69. The molecule has 3 heterocycles. The molecule has 5 aliphatic rings. The number of para-hydroxylation sites is 1. The normalized spacial score (nSPS) is 37.0. The Kier molecular flexibility index (Phi) is 2.00. The Morgan fingerprint density at radius 2 is 1.38 bits per heavy atom. The molecule has 1 aromatic heterocycles. The average Bonchev–Trinajstić information content (AvgIpc) is 3.05. The maximum Gasteiger partial charge on any atom is 0.352 e. The van der Waals surface area contributed by atoms with E-state index in [9.17, 15) is 9.59 Å². The van der Waals surface area contributed by atoms with E-state index in [2.05, 4.69) is 24.3 Å². The summed E-state index contributed by atoms with van der Waals surface area (Å²) in [6.45, 7) is 0. The number of benzene rings is 1. The van der Waals surface area contributed by atoms with Crippen LogP contribution in [0.15, 0.2) is 64.2 Å². The molecule has 7 rings (SSSR count). The summed E-state index contributed by atoms with van der Waals surface area (Å²) >= 11 is 0. The summed E-state index contributed by atoms with van der Waals surface area (Å²) in [6.07, 6.45) is 12.2. The summed E-state index contributed by atoms with van der Waals surface area (Å²) in [4.78, 5) is 26.3. The fourth-order valence-corrected chi connectivity index (χ4v) is 5.79. The van der Waals surface area contributed by atoms with Crippen LogP contribution in [0.2, 0.25) is 0 Å². The van der Waals surface area contributed by atoms with Crippen LogP contribution in [0.5, 0.6) is 0 Å². The van der Waals surface area contributed by atoms with Crippen LogP contribution in [-0.4, -0.2) is 13.9 Å². The molecule has 0 amide bonds. The van der Waals surface area contributed by atoms with Crippen molar-refractivity contribution >= 4 is 0 Å². The number of hydrogen-bond donors (Lipinski definition) is 0. The van der Waals surface area contributed by atoms with Crippen LogP contribution >= 0.6 is 0 Å². The van der Waals surface area contributed by atoms with Gasteiger partial charge in [0.2, 0.25) is 0 Å². The zero-order valence-corrected chi connectivity index (χ0v) is 13.1. The minimum atomic E-state index is -0.222. The molecule has 24 heavy (non-hydrogen) atoms. The molecule has 5 nitrogen and oxygen atoms in total. The van der Waals surface area contributed by atoms with Gasteiger partial charge in [-0.3, -0.25) is 0 Å². The van der Waals surface area contributed by atoms with Crippen LogP contribution in [0.1, 0.15) is 31.3 Å². The van der Waals surface area contributed by atoms with E-state index in [0.717, 1.165) is 19.3 Å². The first-order valence-electron chi connectivity index (χ1n) is 8.60. The molecule has 0 N–H and O–H groups in total. The van der Waals surface area contributed by atoms with Gasteiger partial charge in [0, 0.05) is 10.8 Å². The highest BCUT2D eigenvalue weighted by Crippen LogP contribution is 2.74. The molecule has 0 radical (unpaired) electrons. The number of allylic oxidation sites excluding steroid dienone is 4. The number of nitrogens with zero attached hydrogens (tertiary/aromatic N) is 3. The molecule has 1 aromatic carbocycles. The zero-order valence-electron chi connectivity index (χ0n) is 13.1. The molecule has 0 spiro atoms. The highest BCUT2D eigenvalue weighted by atomic mass is 16.2. The molecule has 120 valence electrons. The summed E-state index contributed by atoms with van der Waals surface area (Å²) < 4.78 is 4.75. The Labute approximate surface area is 138 Å². The average molecular weight is 319 g/mol. The summed E-state index contributed by atoms with van der Waals surface area (Å²) in [7, 11) is 0. The van der Waals surface area contributed by atoms with E-state index in [0.29, 0.717) is 5.69 Å². The van der Waals surface area contributed by atoms with Gasteiger partial charge >= 0.3 is 11.4 Å². The molecule has 0 saturated heterocycles. The Bertz CT molecular complexity index is 993. The molecule has 3 aliphatic carbocycles. The first-order valence-corrected chi connectivity index (χ1v) is 8.60. The van der Waals surface area contributed by atoms with E-state index in [1.807, 2.05) is 30.3 Å². The third-order valence-electron chi connectivity index (χ3n) is 6.80. The lowest BCUT2D eigenvalue weighted by Gasteiger charge is -2.62. The first-order chi connectivity index (χ1) is 11.7. The van der Waals surface area contributed by atoms with Crippen molar-refractivity contribution in [2.75, 3.05) is 0 Å². The van der Waals surface area contributed by atoms with Gasteiger partial charge in [-0.2, -0.15) is 0 Å². The fourth-order valence-electron chi connectivity index (χ4n) is 5.79. The van der Waals surface area contributed by atoms with Gasteiger partial charge in [-0.15, -0.1) is 0 Å². The van der Waals surface area contributed by atoms with E-state index in [1.165, 1.54) is 4.57 Å². The SMILES string of the molecule is O=c1n(-c2ccccc2)c(=O)n2n1[C@H]1C=C[C@H]2[C@]23C=C[C@]12CCC3. The quantitative estimate of drug-likeness (QED) is 0.757. The molecule has 1 saturated carbocycles. The van der Waals surface area contributed by atoms with Crippen LogP contribution in [0.4, 0.5) is 0 Å². The Morgan fingerprint density at radius 1 is 0.833 bits per heavy atom. The standard InChI is InChI=1S/C19H17N3O2/c23-16-20(13-5-2-1-3-6-13)17(24)22-15-8-7-14(21(16)22)18-9-4-10-19(15,18)12-11-18/h1-3,5-8,11-12,14-15H,4,9-10H2/t14-,15-,18-,19+/m0/s1. The van der Waals surface area contributed by atoms with Crippen LogP contribution in [-0.2, 0) is 0 Å². The number of hydrogen-bond acceptors (Lipinski definition) is 2. The van der Waals surface area contributed by atoms with E-state index in [4.69, 9.17) is 0 Å². The van der Waals surface area contributed by atoms with Gasteiger partial charge in [-0.05, 0) is 25.0 Å². The maximum atomic E-state index is 13.1. The van der Waals surface area contributed by atoms with Crippen molar-refractivity contribution in [3.63, 3.8) is 0 Å². The minimum absolute atomic E-state index is 0.0333. The summed E-state index contributed by atoms with van der Waals surface area (Å²) in [5, 5.41) is 0. The second kappa shape index (κ2) is 3.74. The number of aromatic nitrogens is 3. The second-order valence-corrected chi connectivity index (χ2v) is 7.47. The highest BCUT2D eigenvalue weighted by Gasteiger charge is 2.69. The van der Waals surface area contributed by atoms with Crippen LogP contribution < -0.4 is 11.4 Å². The van der Waals surface area contributed by atoms with E-state index < -0.39 is 0 Å². The van der Waals surface area contributed by atoms with Crippen molar-refractivity contribution in [1.82, 2.24) is 13.9 Å². The predicted octanol–water partition coefficient (Wildman–Crippen LogP) is 2.19. The van der Waals surface area contributed by atoms with Gasteiger partial charge in [-0.25, -0.2) is 23.5 Å². The maximum absolute atomic E-state index is 13.1. The second-order valence-electron chi connectivity index (χ2n) is 7.47. The van der Waals surface area contributed by atoms with Gasteiger partial charge < -0.3 is 0 Å². The van der Waals surface area contributed by atoms with Crippen molar-refractivity contribution in [3.05, 3.63) is 75.6 Å². The van der Waals surface area contributed by atoms with Gasteiger partial charge in [0.25, 0.3) is 0 Å². The van der Waals surface area contributed by atoms with Gasteiger partial charge in [0.05, 0.1) is 17.8 Å². The van der Waals surface area contributed by atoms with E-state index in [1.54, 1.807) is 9.36 Å².